The number of hydrogen-bond donors (Lipinski definition) is 2. The molecule has 1 aliphatic heterocycles. The van der Waals surface area contributed by atoms with Crippen LogP contribution in [-0.4, -0.2) is 26.2 Å². The van der Waals surface area contributed by atoms with Crippen LogP contribution in [0.25, 0.3) is 0 Å². The largest absolute Gasteiger partial charge is 0.495 e. The Balaban J connectivity index is 1.70. The summed E-state index contributed by atoms with van der Waals surface area (Å²) >= 11 is 7.88. The summed E-state index contributed by atoms with van der Waals surface area (Å²) in [5.41, 5.74) is 7.54. The SMILES string of the molecule is COc1ccc(NC(N)=NCC2(C)OCCc3sccc32)cc1Cl. The Labute approximate surface area is 150 Å². The van der Waals surface area contributed by atoms with Gasteiger partial charge in [-0.2, -0.15) is 0 Å². The summed E-state index contributed by atoms with van der Waals surface area (Å²) in [6.45, 7) is 3.22. The van der Waals surface area contributed by atoms with Crippen molar-refractivity contribution < 1.29 is 9.47 Å². The van der Waals surface area contributed by atoms with Crippen LogP contribution in [-0.2, 0) is 16.8 Å². The molecule has 2 aromatic rings. The van der Waals surface area contributed by atoms with Crippen molar-refractivity contribution in [2.45, 2.75) is 18.9 Å². The summed E-state index contributed by atoms with van der Waals surface area (Å²) < 4.78 is 11.1. The highest BCUT2D eigenvalue weighted by Crippen LogP contribution is 2.36. The zero-order valence-corrected chi connectivity index (χ0v) is 15.2. The fourth-order valence-corrected chi connectivity index (χ4v) is 3.99. The van der Waals surface area contributed by atoms with Gasteiger partial charge in [0.25, 0.3) is 0 Å². The van der Waals surface area contributed by atoms with Crippen molar-refractivity contribution in [3.05, 3.63) is 45.1 Å². The van der Waals surface area contributed by atoms with E-state index in [0.717, 1.165) is 12.1 Å². The van der Waals surface area contributed by atoms with E-state index in [9.17, 15) is 0 Å². The number of nitrogens with one attached hydrogen (secondary N) is 1. The summed E-state index contributed by atoms with van der Waals surface area (Å²) in [6.07, 6.45) is 0.963. The van der Waals surface area contributed by atoms with Crippen LogP contribution >= 0.6 is 22.9 Å². The molecule has 3 rings (SSSR count). The predicted molar refractivity (Wildman–Crippen MR) is 99.4 cm³/mol. The van der Waals surface area contributed by atoms with Crippen LogP contribution in [0.2, 0.25) is 5.02 Å². The van der Waals surface area contributed by atoms with Gasteiger partial charge in [-0.15, -0.1) is 11.3 Å². The normalized spacial score (nSPS) is 20.5. The minimum atomic E-state index is -0.433. The first-order valence-corrected chi connectivity index (χ1v) is 8.89. The van der Waals surface area contributed by atoms with Crippen molar-refractivity contribution in [3.63, 3.8) is 0 Å². The van der Waals surface area contributed by atoms with Crippen LogP contribution in [0.3, 0.4) is 0 Å². The molecule has 5 nitrogen and oxygen atoms in total. The number of benzene rings is 1. The molecule has 0 saturated carbocycles. The lowest BCUT2D eigenvalue weighted by molar-refractivity contribution is -0.0374. The quantitative estimate of drug-likeness (QED) is 0.641. The number of anilines is 1. The van der Waals surface area contributed by atoms with E-state index in [1.165, 1.54) is 10.4 Å². The van der Waals surface area contributed by atoms with Crippen molar-refractivity contribution >= 4 is 34.6 Å². The van der Waals surface area contributed by atoms with Crippen LogP contribution in [0, 0.1) is 0 Å². The molecule has 24 heavy (non-hydrogen) atoms. The second-order valence-corrected chi connectivity index (χ2v) is 7.17. The molecular formula is C17H20ClN3O2S. The number of rotatable bonds is 4. The van der Waals surface area contributed by atoms with Gasteiger partial charge in [0.15, 0.2) is 5.96 Å². The van der Waals surface area contributed by atoms with Gasteiger partial charge in [-0.25, -0.2) is 4.99 Å². The number of nitrogens with two attached hydrogens (primary N) is 1. The molecule has 0 radical (unpaired) electrons. The Morgan fingerprint density at radius 1 is 1.50 bits per heavy atom. The summed E-state index contributed by atoms with van der Waals surface area (Å²) in [6, 6.07) is 7.48. The number of nitrogens with zero attached hydrogens (tertiary/aromatic N) is 1. The van der Waals surface area contributed by atoms with Crippen molar-refractivity contribution in [2.24, 2.45) is 10.7 Å². The van der Waals surface area contributed by atoms with E-state index in [0.29, 0.717) is 29.9 Å². The molecule has 1 unspecified atom stereocenters. The molecule has 1 aliphatic rings. The Morgan fingerprint density at radius 2 is 2.33 bits per heavy atom. The monoisotopic (exact) mass is 365 g/mol. The Hall–Kier alpha value is -1.76. The lowest BCUT2D eigenvalue weighted by Crippen LogP contribution is -2.36. The molecule has 0 amide bonds. The van der Waals surface area contributed by atoms with Gasteiger partial charge in [-0.3, -0.25) is 0 Å². The maximum Gasteiger partial charge on any atom is 0.193 e. The van der Waals surface area contributed by atoms with Crippen molar-refractivity contribution in [1.82, 2.24) is 0 Å². The standard InChI is InChI=1S/C17H20ClN3O2S/c1-17(12-6-8-24-15(12)5-7-23-17)10-20-16(19)21-11-3-4-14(22-2)13(18)9-11/h3-4,6,8-9H,5,7,10H2,1-2H3,(H3,19,20,21). The molecule has 1 aromatic carbocycles. The minimum absolute atomic E-state index is 0.323. The molecule has 0 saturated heterocycles. The number of guanidine groups is 1. The summed E-state index contributed by atoms with van der Waals surface area (Å²) in [5, 5.41) is 5.66. The average Bonchev–Trinajstić information content (AvgIpc) is 3.04. The van der Waals surface area contributed by atoms with Gasteiger partial charge in [0.2, 0.25) is 0 Å². The van der Waals surface area contributed by atoms with Crippen molar-refractivity contribution in [3.8, 4) is 5.75 Å². The highest BCUT2D eigenvalue weighted by molar-refractivity contribution is 7.10. The molecule has 0 bridgehead atoms. The van der Waals surface area contributed by atoms with E-state index >= 15 is 0 Å². The zero-order valence-electron chi connectivity index (χ0n) is 13.6. The molecule has 0 spiro atoms. The fourth-order valence-electron chi connectivity index (χ4n) is 2.75. The van der Waals surface area contributed by atoms with Gasteiger partial charge in [0.1, 0.15) is 11.4 Å². The summed E-state index contributed by atoms with van der Waals surface area (Å²) in [7, 11) is 1.58. The highest BCUT2D eigenvalue weighted by atomic mass is 35.5. The van der Waals surface area contributed by atoms with Crippen molar-refractivity contribution in [1.29, 1.82) is 0 Å². The molecule has 1 aromatic heterocycles. The lowest BCUT2D eigenvalue weighted by Gasteiger charge is -2.33. The second-order valence-electron chi connectivity index (χ2n) is 5.76. The number of hydrogen-bond acceptors (Lipinski definition) is 4. The third-order valence-electron chi connectivity index (χ3n) is 4.04. The fraction of sp³-hybridized carbons (Fsp3) is 0.353. The van der Waals surface area contributed by atoms with E-state index in [4.69, 9.17) is 26.8 Å². The first-order valence-electron chi connectivity index (χ1n) is 7.63. The number of fused-ring (bicyclic) bond motifs is 1. The molecule has 0 fully saturated rings. The number of aliphatic imine (C=N–C) groups is 1. The van der Waals surface area contributed by atoms with E-state index in [1.807, 2.05) is 6.07 Å². The molecular weight excluding hydrogens is 346 g/mol. The predicted octanol–water partition coefficient (Wildman–Crippen LogP) is 3.62. The minimum Gasteiger partial charge on any atom is -0.495 e. The average molecular weight is 366 g/mol. The van der Waals surface area contributed by atoms with Crippen LogP contribution in [0.5, 0.6) is 5.75 Å². The first-order chi connectivity index (χ1) is 11.5. The molecule has 2 heterocycles. The third-order valence-corrected chi connectivity index (χ3v) is 5.32. The van der Waals surface area contributed by atoms with Crippen LogP contribution < -0.4 is 15.8 Å². The van der Waals surface area contributed by atoms with Gasteiger partial charge < -0.3 is 20.5 Å². The van der Waals surface area contributed by atoms with Gasteiger partial charge in [-0.1, -0.05) is 11.6 Å². The topological polar surface area (TPSA) is 68.9 Å². The third kappa shape index (κ3) is 3.50. The second kappa shape index (κ2) is 7.01. The van der Waals surface area contributed by atoms with Gasteiger partial charge in [-0.05, 0) is 42.1 Å². The Morgan fingerprint density at radius 3 is 3.08 bits per heavy atom. The molecule has 0 aliphatic carbocycles. The van der Waals surface area contributed by atoms with Crippen LogP contribution in [0.4, 0.5) is 5.69 Å². The van der Waals surface area contributed by atoms with E-state index < -0.39 is 5.60 Å². The first kappa shape index (κ1) is 17.1. The molecule has 3 N–H and O–H groups in total. The summed E-state index contributed by atoms with van der Waals surface area (Å²) in [4.78, 5) is 5.82. The lowest BCUT2D eigenvalue weighted by atomic mass is 9.93. The van der Waals surface area contributed by atoms with Crippen LogP contribution in [0.15, 0.2) is 34.6 Å². The number of halogens is 1. The number of thiophene rings is 1. The summed E-state index contributed by atoms with van der Waals surface area (Å²) in [5.74, 6) is 0.939. The van der Waals surface area contributed by atoms with E-state index in [2.05, 4.69) is 28.7 Å². The molecule has 128 valence electrons. The van der Waals surface area contributed by atoms with Gasteiger partial charge in [0.05, 0.1) is 25.3 Å². The molecule has 1 atom stereocenters. The van der Waals surface area contributed by atoms with Gasteiger partial charge in [0, 0.05) is 17.0 Å². The molecule has 7 heteroatoms. The maximum atomic E-state index is 6.11. The highest BCUT2D eigenvalue weighted by Gasteiger charge is 2.33. The Bertz CT molecular complexity index is 762. The van der Waals surface area contributed by atoms with E-state index in [1.54, 1.807) is 30.6 Å². The van der Waals surface area contributed by atoms with Gasteiger partial charge >= 0.3 is 0 Å². The van der Waals surface area contributed by atoms with Crippen LogP contribution in [0.1, 0.15) is 17.4 Å². The van der Waals surface area contributed by atoms with Crippen molar-refractivity contribution in [2.75, 3.05) is 25.6 Å². The Kier molecular flexibility index (Phi) is 4.99. The zero-order chi connectivity index (χ0) is 17.2. The van der Waals surface area contributed by atoms with E-state index in [-0.39, 0.29) is 0 Å². The smallest absolute Gasteiger partial charge is 0.193 e. The number of ether oxygens (including phenoxy) is 2. The number of methoxy groups -OCH3 is 1. The maximum absolute atomic E-state index is 6.11.